The Morgan fingerprint density at radius 2 is 1.93 bits per heavy atom. The number of allylic oxidation sites excluding steroid dienone is 2. The zero-order chi connectivity index (χ0) is 21.1. The van der Waals surface area contributed by atoms with Gasteiger partial charge in [0.05, 0.1) is 12.0 Å². The molecule has 3 fully saturated rings. The van der Waals surface area contributed by atoms with Crippen LogP contribution in [0, 0.1) is 23.2 Å². The van der Waals surface area contributed by atoms with Crippen LogP contribution in [0.25, 0.3) is 0 Å². The van der Waals surface area contributed by atoms with E-state index in [4.69, 9.17) is 0 Å². The predicted octanol–water partition coefficient (Wildman–Crippen LogP) is 4.31. The first-order valence-corrected chi connectivity index (χ1v) is 12.0. The van der Waals surface area contributed by atoms with Gasteiger partial charge in [-0.15, -0.1) is 0 Å². The van der Waals surface area contributed by atoms with Crippen LogP contribution in [0.1, 0.15) is 52.4 Å². The zero-order valence-corrected chi connectivity index (χ0v) is 18.5. The third-order valence-corrected chi connectivity index (χ3v) is 8.54. The molecule has 0 aromatic heterocycles. The molecule has 3 saturated carbocycles. The summed E-state index contributed by atoms with van der Waals surface area (Å²) in [5, 5.41) is 0. The number of ether oxygens (including phenoxy) is 1. The van der Waals surface area contributed by atoms with E-state index < -0.39 is 10.0 Å². The van der Waals surface area contributed by atoms with Gasteiger partial charge < -0.3 is 4.74 Å². The number of methoxy groups -OCH3 is 1. The first-order valence-electron chi connectivity index (χ1n) is 10.5. The lowest BCUT2D eigenvalue weighted by Crippen LogP contribution is -2.61. The van der Waals surface area contributed by atoms with Gasteiger partial charge in [-0.25, -0.2) is 13.1 Å². The lowest BCUT2D eigenvalue weighted by Gasteiger charge is -2.62. The van der Waals surface area contributed by atoms with E-state index in [-0.39, 0.29) is 17.4 Å². The second-order valence-corrected chi connectivity index (χ2v) is 10.7. The monoisotopic (exact) mass is 419 g/mol. The molecule has 0 unspecified atom stereocenters. The first-order chi connectivity index (χ1) is 13.8. The molecule has 29 heavy (non-hydrogen) atoms. The summed E-state index contributed by atoms with van der Waals surface area (Å²) in [6, 6.07) is 8.59. The summed E-state index contributed by atoms with van der Waals surface area (Å²) in [6.45, 7) is 4.64. The summed E-state index contributed by atoms with van der Waals surface area (Å²) in [5.74, 6) is 1.23. The fourth-order valence-electron chi connectivity index (χ4n) is 5.11. The standard InChI is InChI=1S/C23H33NO4S/c1-23(2)17-15-20(23)19(13-9-4-5-10-14-22(25)28-3)21(16-17)24-29(26,27)18-11-7-6-8-12-18/h4,6-9,11-12,17,19-21,24H,5,10,13-16H2,1-3H3/b9-4-/t17-,19+,20+,21+/m1/s1. The van der Waals surface area contributed by atoms with Crippen molar-refractivity contribution in [3.63, 3.8) is 0 Å². The Labute approximate surface area is 175 Å². The maximum absolute atomic E-state index is 12.9. The summed E-state index contributed by atoms with van der Waals surface area (Å²) in [7, 11) is -2.10. The Morgan fingerprint density at radius 1 is 1.21 bits per heavy atom. The number of rotatable bonds is 9. The lowest BCUT2D eigenvalue weighted by molar-refractivity contribution is -0.140. The molecule has 0 aliphatic heterocycles. The van der Waals surface area contributed by atoms with Crippen molar-refractivity contribution in [2.24, 2.45) is 23.2 Å². The highest BCUT2D eigenvalue weighted by Crippen LogP contribution is 2.62. The smallest absolute Gasteiger partial charge is 0.305 e. The first kappa shape index (κ1) is 22.0. The number of unbranched alkanes of at least 4 members (excludes halogenated alkanes) is 1. The summed E-state index contributed by atoms with van der Waals surface area (Å²) in [5.41, 5.74) is 0.276. The van der Waals surface area contributed by atoms with Gasteiger partial charge in [0.2, 0.25) is 10.0 Å². The van der Waals surface area contributed by atoms with Gasteiger partial charge in [-0.1, -0.05) is 44.2 Å². The van der Waals surface area contributed by atoms with E-state index >= 15 is 0 Å². The lowest BCUT2D eigenvalue weighted by atomic mass is 9.44. The number of nitrogens with one attached hydrogen (secondary N) is 1. The molecule has 0 saturated heterocycles. The van der Waals surface area contributed by atoms with Gasteiger partial charge in [-0.3, -0.25) is 4.79 Å². The minimum absolute atomic E-state index is 0.0308. The predicted molar refractivity (Wildman–Crippen MR) is 114 cm³/mol. The fourth-order valence-corrected chi connectivity index (χ4v) is 6.43. The third kappa shape index (κ3) is 4.92. The van der Waals surface area contributed by atoms with E-state index in [0.29, 0.717) is 29.1 Å². The van der Waals surface area contributed by atoms with E-state index in [2.05, 4.69) is 35.5 Å². The molecule has 4 atom stereocenters. The van der Waals surface area contributed by atoms with Crippen LogP contribution < -0.4 is 4.72 Å². The van der Waals surface area contributed by atoms with Crippen LogP contribution in [0.5, 0.6) is 0 Å². The molecule has 1 aromatic carbocycles. The number of carbonyl (C=O) groups excluding carboxylic acids is 1. The minimum atomic E-state index is -3.51. The number of esters is 1. The average molecular weight is 420 g/mol. The molecule has 0 amide bonds. The van der Waals surface area contributed by atoms with Crippen molar-refractivity contribution in [2.45, 2.75) is 63.3 Å². The van der Waals surface area contributed by atoms with Crippen molar-refractivity contribution in [3.8, 4) is 0 Å². The highest BCUT2D eigenvalue weighted by Gasteiger charge is 2.57. The molecule has 3 aliphatic rings. The van der Waals surface area contributed by atoms with Crippen molar-refractivity contribution >= 4 is 16.0 Å². The van der Waals surface area contributed by atoms with Crippen LogP contribution in [0.2, 0.25) is 0 Å². The molecular weight excluding hydrogens is 386 g/mol. The number of sulfonamides is 1. The van der Waals surface area contributed by atoms with Crippen molar-refractivity contribution in [1.82, 2.24) is 4.72 Å². The van der Waals surface area contributed by atoms with Gasteiger partial charge >= 0.3 is 5.97 Å². The maximum atomic E-state index is 12.9. The molecule has 4 rings (SSSR count). The number of hydrogen-bond acceptors (Lipinski definition) is 4. The molecule has 5 nitrogen and oxygen atoms in total. The second-order valence-electron chi connectivity index (χ2n) is 8.98. The van der Waals surface area contributed by atoms with Crippen LogP contribution in [-0.4, -0.2) is 27.5 Å². The summed E-state index contributed by atoms with van der Waals surface area (Å²) >= 11 is 0. The Bertz CT molecular complexity index is 832. The molecule has 6 heteroatoms. The van der Waals surface area contributed by atoms with Gasteiger partial charge in [0.1, 0.15) is 0 Å². The number of carbonyl (C=O) groups is 1. The van der Waals surface area contributed by atoms with E-state index in [1.54, 1.807) is 24.3 Å². The van der Waals surface area contributed by atoms with Crippen molar-refractivity contribution in [1.29, 1.82) is 0 Å². The molecule has 160 valence electrons. The largest absolute Gasteiger partial charge is 0.469 e. The maximum Gasteiger partial charge on any atom is 0.305 e. The summed E-state index contributed by atoms with van der Waals surface area (Å²) in [4.78, 5) is 11.5. The van der Waals surface area contributed by atoms with E-state index in [9.17, 15) is 13.2 Å². The van der Waals surface area contributed by atoms with Crippen LogP contribution >= 0.6 is 0 Å². The summed E-state index contributed by atoms with van der Waals surface area (Å²) in [6.07, 6.45) is 9.27. The Hall–Kier alpha value is -1.66. The van der Waals surface area contributed by atoms with Gasteiger partial charge in [0.15, 0.2) is 0 Å². The van der Waals surface area contributed by atoms with E-state index in [1.807, 2.05) is 6.07 Å². The molecule has 0 heterocycles. The van der Waals surface area contributed by atoms with Crippen LogP contribution in [-0.2, 0) is 19.6 Å². The SMILES string of the molecule is COC(=O)CCC/C=C\C[C@@H]1[C@@H](NS(=O)(=O)c2ccccc2)C[C@H]2C[C@@H]1C2(C)C. The van der Waals surface area contributed by atoms with Gasteiger partial charge in [-0.05, 0) is 67.4 Å². The van der Waals surface area contributed by atoms with Crippen molar-refractivity contribution < 1.29 is 17.9 Å². The fraction of sp³-hybridized carbons (Fsp3) is 0.609. The molecule has 1 aromatic rings. The molecule has 2 bridgehead atoms. The van der Waals surface area contributed by atoms with Gasteiger partial charge in [0.25, 0.3) is 0 Å². The molecule has 0 spiro atoms. The molecule has 0 radical (unpaired) electrons. The molecule has 3 aliphatic carbocycles. The zero-order valence-electron chi connectivity index (χ0n) is 17.6. The van der Waals surface area contributed by atoms with Crippen LogP contribution in [0.15, 0.2) is 47.4 Å². The number of benzene rings is 1. The van der Waals surface area contributed by atoms with Crippen LogP contribution in [0.4, 0.5) is 0 Å². The number of fused-ring (bicyclic) bond motifs is 2. The normalized spacial score (nSPS) is 28.1. The average Bonchev–Trinajstić information content (AvgIpc) is 2.71. The second kappa shape index (κ2) is 9.00. The highest BCUT2D eigenvalue weighted by molar-refractivity contribution is 7.89. The Kier molecular flexibility index (Phi) is 6.84. The van der Waals surface area contributed by atoms with Crippen molar-refractivity contribution in [2.75, 3.05) is 7.11 Å². The third-order valence-electron chi connectivity index (χ3n) is 7.03. The van der Waals surface area contributed by atoms with E-state index in [0.717, 1.165) is 25.7 Å². The van der Waals surface area contributed by atoms with Crippen LogP contribution in [0.3, 0.4) is 0 Å². The van der Waals surface area contributed by atoms with Gasteiger partial charge in [0, 0.05) is 12.5 Å². The van der Waals surface area contributed by atoms with Gasteiger partial charge in [-0.2, -0.15) is 0 Å². The quantitative estimate of drug-likeness (QED) is 0.368. The Balaban J connectivity index is 1.64. The summed E-state index contributed by atoms with van der Waals surface area (Å²) < 4.78 is 33.4. The minimum Gasteiger partial charge on any atom is -0.469 e. The molecule has 1 N–H and O–H groups in total. The molecular formula is C23H33NO4S. The van der Waals surface area contributed by atoms with E-state index in [1.165, 1.54) is 13.5 Å². The highest BCUT2D eigenvalue weighted by atomic mass is 32.2. The topological polar surface area (TPSA) is 72.5 Å². The number of hydrogen-bond donors (Lipinski definition) is 1. The Morgan fingerprint density at radius 3 is 2.59 bits per heavy atom. The van der Waals surface area contributed by atoms with Crippen molar-refractivity contribution in [3.05, 3.63) is 42.5 Å².